The molecule has 2 bridgehead atoms. The zero-order valence-electron chi connectivity index (χ0n) is 17.4. The van der Waals surface area contributed by atoms with Crippen molar-refractivity contribution in [2.45, 2.75) is 43.9 Å². The first-order valence-electron chi connectivity index (χ1n) is 10.9. The Labute approximate surface area is 182 Å². The van der Waals surface area contributed by atoms with Crippen LogP contribution in [0.5, 0.6) is 0 Å². The largest absolute Gasteiger partial charge is 0.370 e. The molecule has 1 N–H and O–H groups in total. The fourth-order valence-corrected chi connectivity index (χ4v) is 5.95. The average molecular weight is 429 g/mol. The molecule has 7 heteroatoms. The monoisotopic (exact) mass is 428 g/mol. The van der Waals surface area contributed by atoms with E-state index in [1.165, 1.54) is 5.56 Å². The molecule has 0 aliphatic carbocycles. The van der Waals surface area contributed by atoms with Crippen molar-refractivity contribution in [2.24, 2.45) is 18.9 Å². The smallest absolute Gasteiger partial charge is 0.220 e. The highest BCUT2D eigenvalue weighted by molar-refractivity contribution is 6.31. The number of hydrogen-bond acceptors (Lipinski definition) is 4. The van der Waals surface area contributed by atoms with Crippen molar-refractivity contribution < 1.29 is 9.53 Å². The van der Waals surface area contributed by atoms with Gasteiger partial charge in [-0.1, -0.05) is 29.8 Å². The minimum Gasteiger partial charge on any atom is -0.370 e. The summed E-state index contributed by atoms with van der Waals surface area (Å²) in [5.74, 6) is 0.991. The normalized spacial score (nSPS) is 30.0. The Morgan fingerprint density at radius 2 is 2.23 bits per heavy atom. The van der Waals surface area contributed by atoms with Crippen LogP contribution in [0.15, 0.2) is 36.5 Å². The summed E-state index contributed by atoms with van der Waals surface area (Å²) in [6, 6.07) is 10.0. The topological polar surface area (TPSA) is 59.4 Å². The molecule has 3 aliphatic heterocycles. The van der Waals surface area contributed by atoms with Gasteiger partial charge in [0.25, 0.3) is 0 Å². The highest BCUT2D eigenvalue weighted by atomic mass is 35.5. The lowest BCUT2D eigenvalue weighted by Crippen LogP contribution is -2.42. The summed E-state index contributed by atoms with van der Waals surface area (Å²) in [4.78, 5) is 14.9. The first kappa shape index (κ1) is 20.0. The predicted octanol–water partition coefficient (Wildman–Crippen LogP) is 2.80. The van der Waals surface area contributed by atoms with Gasteiger partial charge in [0.2, 0.25) is 5.91 Å². The number of benzene rings is 1. The Balaban J connectivity index is 1.17. The molecule has 1 amide bonds. The highest BCUT2D eigenvalue weighted by Gasteiger charge is 2.62. The number of carbonyl (C=O) groups excluding carboxylic acids is 1. The number of ether oxygens (including phenoxy) is 1. The van der Waals surface area contributed by atoms with Crippen molar-refractivity contribution in [1.29, 1.82) is 0 Å². The molecule has 5 rings (SSSR count). The van der Waals surface area contributed by atoms with Gasteiger partial charge in [-0.15, -0.1) is 0 Å². The van der Waals surface area contributed by atoms with Crippen LogP contribution in [-0.2, 0) is 29.5 Å². The van der Waals surface area contributed by atoms with Crippen LogP contribution in [0.25, 0.3) is 0 Å². The van der Waals surface area contributed by atoms with Crippen molar-refractivity contribution in [2.75, 3.05) is 19.6 Å². The van der Waals surface area contributed by atoms with Gasteiger partial charge in [0, 0.05) is 68.4 Å². The summed E-state index contributed by atoms with van der Waals surface area (Å²) in [7, 11) is 1.91. The Bertz CT molecular complexity index is 931. The molecule has 3 saturated heterocycles. The van der Waals surface area contributed by atoms with Crippen molar-refractivity contribution in [3.05, 3.63) is 52.8 Å². The number of aromatic nitrogens is 2. The number of aryl methyl sites for hydroxylation is 2. The number of carbonyl (C=O) groups is 1. The fourth-order valence-electron chi connectivity index (χ4n) is 5.76. The lowest BCUT2D eigenvalue weighted by molar-refractivity contribution is -0.121. The lowest BCUT2D eigenvalue weighted by atomic mass is 9.73. The van der Waals surface area contributed by atoms with E-state index in [9.17, 15) is 4.79 Å². The molecule has 4 atom stereocenters. The van der Waals surface area contributed by atoms with Gasteiger partial charge >= 0.3 is 0 Å². The van der Waals surface area contributed by atoms with Gasteiger partial charge in [0.15, 0.2) is 0 Å². The van der Waals surface area contributed by atoms with Crippen LogP contribution in [-0.4, -0.2) is 51.9 Å². The molecule has 0 saturated carbocycles. The standard InChI is InChI=1S/C23H29ClN4O2/c1-27-17(9-11-26-27)6-7-22(29)25-12-18-19-14-28(13-16-4-2-3-5-20(16)24)15-23(19)10-8-21(18)30-23/h2-5,9,11,18-19,21H,6-8,10,12-15H2,1H3,(H,25,29)/t18-,19+,21+,23+/m0/s1. The Morgan fingerprint density at radius 3 is 3.03 bits per heavy atom. The second-order valence-electron chi connectivity index (χ2n) is 9.04. The van der Waals surface area contributed by atoms with Crippen LogP contribution < -0.4 is 5.32 Å². The van der Waals surface area contributed by atoms with Crippen molar-refractivity contribution in [3.8, 4) is 0 Å². The molecule has 160 valence electrons. The molecule has 4 heterocycles. The van der Waals surface area contributed by atoms with E-state index >= 15 is 0 Å². The SMILES string of the molecule is Cn1nccc1CCC(=O)NC[C@H]1[C@H]2CN(Cc3ccccc3Cl)C[C@]23CC[C@H]1O3. The minimum absolute atomic E-state index is 0.0317. The van der Waals surface area contributed by atoms with E-state index in [0.29, 0.717) is 31.2 Å². The van der Waals surface area contributed by atoms with Gasteiger partial charge in [-0.25, -0.2) is 0 Å². The van der Waals surface area contributed by atoms with Crippen LogP contribution >= 0.6 is 11.6 Å². The van der Waals surface area contributed by atoms with Crippen molar-refractivity contribution >= 4 is 17.5 Å². The third-order valence-corrected chi connectivity index (χ3v) is 7.64. The van der Waals surface area contributed by atoms with Crippen molar-refractivity contribution in [1.82, 2.24) is 20.0 Å². The van der Waals surface area contributed by atoms with Crippen molar-refractivity contribution in [3.63, 3.8) is 0 Å². The Hall–Kier alpha value is -1.89. The summed E-state index contributed by atoms with van der Waals surface area (Å²) in [6.07, 6.45) is 5.50. The fraction of sp³-hybridized carbons (Fsp3) is 0.565. The summed E-state index contributed by atoms with van der Waals surface area (Å²) in [6.45, 7) is 3.54. The predicted molar refractivity (Wildman–Crippen MR) is 115 cm³/mol. The number of nitrogens with zero attached hydrogens (tertiary/aromatic N) is 3. The Kier molecular flexibility index (Phi) is 5.33. The van der Waals surface area contributed by atoms with E-state index in [4.69, 9.17) is 16.3 Å². The minimum atomic E-state index is -0.0317. The molecule has 6 nitrogen and oxygen atoms in total. The zero-order valence-corrected chi connectivity index (χ0v) is 18.1. The van der Waals surface area contributed by atoms with Crippen LogP contribution in [0, 0.1) is 11.8 Å². The lowest BCUT2D eigenvalue weighted by Gasteiger charge is -2.29. The molecule has 0 radical (unpaired) electrons. The van der Waals surface area contributed by atoms with Gasteiger partial charge in [0.1, 0.15) is 0 Å². The maximum atomic E-state index is 12.4. The molecule has 1 aromatic carbocycles. The molecular weight excluding hydrogens is 400 g/mol. The van der Waals surface area contributed by atoms with Crippen LogP contribution in [0.3, 0.4) is 0 Å². The first-order chi connectivity index (χ1) is 14.5. The van der Waals surface area contributed by atoms with Gasteiger partial charge in [-0.3, -0.25) is 14.4 Å². The quantitative estimate of drug-likeness (QED) is 0.736. The number of halogens is 1. The molecule has 30 heavy (non-hydrogen) atoms. The van der Waals surface area contributed by atoms with Gasteiger partial charge < -0.3 is 10.1 Å². The summed E-state index contributed by atoms with van der Waals surface area (Å²) in [5, 5.41) is 8.18. The van der Waals surface area contributed by atoms with E-state index < -0.39 is 0 Å². The highest BCUT2D eigenvalue weighted by Crippen LogP contribution is 2.54. The molecule has 0 unspecified atom stereocenters. The number of hydrogen-bond donors (Lipinski definition) is 1. The number of likely N-dealkylation sites (tertiary alicyclic amines) is 1. The van der Waals surface area contributed by atoms with E-state index in [0.717, 1.165) is 43.2 Å². The molecular formula is C23H29ClN4O2. The third-order valence-electron chi connectivity index (χ3n) is 7.27. The molecule has 1 aromatic heterocycles. The van der Waals surface area contributed by atoms with Crippen LogP contribution in [0.4, 0.5) is 0 Å². The summed E-state index contributed by atoms with van der Waals surface area (Å²) in [5.41, 5.74) is 2.22. The Morgan fingerprint density at radius 1 is 1.37 bits per heavy atom. The molecule has 1 spiro atoms. The molecule has 2 aromatic rings. The number of nitrogens with one attached hydrogen (secondary N) is 1. The van der Waals surface area contributed by atoms with E-state index in [-0.39, 0.29) is 17.6 Å². The second-order valence-corrected chi connectivity index (χ2v) is 9.45. The number of fused-ring (bicyclic) bond motifs is 1. The number of rotatable bonds is 7. The number of amides is 1. The van der Waals surface area contributed by atoms with E-state index in [1.54, 1.807) is 6.20 Å². The van der Waals surface area contributed by atoms with Crippen LogP contribution in [0.2, 0.25) is 5.02 Å². The van der Waals surface area contributed by atoms with Crippen LogP contribution in [0.1, 0.15) is 30.5 Å². The molecule has 3 aliphatic rings. The second kappa shape index (κ2) is 7.98. The van der Waals surface area contributed by atoms with Gasteiger partial charge in [-0.2, -0.15) is 5.10 Å². The maximum absolute atomic E-state index is 12.4. The van der Waals surface area contributed by atoms with E-state index in [1.807, 2.05) is 36.0 Å². The molecule has 3 fully saturated rings. The summed E-state index contributed by atoms with van der Waals surface area (Å²) < 4.78 is 8.35. The maximum Gasteiger partial charge on any atom is 0.220 e. The van der Waals surface area contributed by atoms with Gasteiger partial charge in [-0.05, 0) is 37.0 Å². The average Bonchev–Trinajstić information content (AvgIpc) is 3.47. The first-order valence-corrected chi connectivity index (χ1v) is 11.3. The summed E-state index contributed by atoms with van der Waals surface area (Å²) >= 11 is 6.38. The third kappa shape index (κ3) is 3.66. The zero-order chi connectivity index (χ0) is 20.7. The van der Waals surface area contributed by atoms with E-state index in [2.05, 4.69) is 21.4 Å². The van der Waals surface area contributed by atoms with Gasteiger partial charge in [0.05, 0.1) is 11.7 Å².